The van der Waals surface area contributed by atoms with Crippen molar-refractivity contribution in [3.05, 3.63) is 65.5 Å². The van der Waals surface area contributed by atoms with Crippen LogP contribution in [-0.4, -0.2) is 20.2 Å². The summed E-state index contributed by atoms with van der Waals surface area (Å²) in [5.74, 6) is 0.645. The molecule has 0 aliphatic heterocycles. The van der Waals surface area contributed by atoms with E-state index in [0.717, 1.165) is 27.6 Å². The van der Waals surface area contributed by atoms with Crippen LogP contribution >= 0.6 is 11.8 Å². The first-order chi connectivity index (χ1) is 11.3. The van der Waals surface area contributed by atoms with Gasteiger partial charge in [-0.05, 0) is 11.6 Å². The smallest absolute Gasteiger partial charge is 0.211 e. The molecule has 0 aliphatic rings. The lowest BCUT2D eigenvalue weighted by atomic mass is 10.2. The third kappa shape index (κ3) is 2.51. The molecule has 0 radical (unpaired) electrons. The summed E-state index contributed by atoms with van der Waals surface area (Å²) in [4.78, 5) is 11.3. The number of fused-ring (bicyclic) bond motifs is 3. The van der Waals surface area contributed by atoms with Crippen LogP contribution in [0.4, 0.5) is 5.69 Å². The van der Waals surface area contributed by atoms with Crippen molar-refractivity contribution >= 4 is 39.5 Å². The molecule has 6 heteroatoms. The second-order valence-electron chi connectivity index (χ2n) is 4.99. The highest BCUT2D eigenvalue weighted by Crippen LogP contribution is 2.28. The minimum absolute atomic E-state index is 0.601. The van der Waals surface area contributed by atoms with Crippen LogP contribution in [0.25, 0.3) is 26.9 Å². The minimum Gasteiger partial charge on any atom is -0.338 e. The standard InChI is InChI=1S/C17H11N5S/c1-18-13-8-4-2-6-11(13)10-23-17-20-16-15(21-22-17)12-7-3-5-9-14(12)19-16/h2-9H,10H2,(H,19,20,22). The van der Waals surface area contributed by atoms with Crippen molar-refractivity contribution < 1.29 is 0 Å². The first-order valence-corrected chi connectivity index (χ1v) is 8.03. The zero-order valence-corrected chi connectivity index (χ0v) is 12.8. The molecule has 2 aromatic heterocycles. The molecule has 5 nitrogen and oxygen atoms in total. The SMILES string of the molecule is [C-]#[N+]c1ccccc1CSc1nnc2c(n1)[nH]c1ccccc12. The van der Waals surface area contributed by atoms with Gasteiger partial charge in [0.1, 0.15) is 5.52 Å². The van der Waals surface area contributed by atoms with Crippen molar-refractivity contribution in [1.29, 1.82) is 0 Å². The van der Waals surface area contributed by atoms with Gasteiger partial charge in [-0.2, -0.15) is 0 Å². The second-order valence-corrected chi connectivity index (χ2v) is 5.93. The van der Waals surface area contributed by atoms with Crippen molar-refractivity contribution in [2.45, 2.75) is 10.9 Å². The number of rotatable bonds is 3. The number of nitrogens with zero attached hydrogens (tertiary/aromatic N) is 4. The Morgan fingerprint density at radius 1 is 1.04 bits per heavy atom. The van der Waals surface area contributed by atoms with E-state index in [1.165, 1.54) is 11.8 Å². The highest BCUT2D eigenvalue weighted by atomic mass is 32.2. The Hall–Kier alpha value is -2.91. The van der Waals surface area contributed by atoms with E-state index in [0.29, 0.717) is 16.6 Å². The summed E-state index contributed by atoms with van der Waals surface area (Å²) in [6, 6.07) is 15.5. The number of aromatic nitrogens is 4. The summed E-state index contributed by atoms with van der Waals surface area (Å²) >= 11 is 1.48. The molecule has 2 heterocycles. The fraction of sp³-hybridized carbons (Fsp3) is 0.0588. The number of benzene rings is 2. The van der Waals surface area contributed by atoms with Gasteiger partial charge in [-0.1, -0.05) is 54.2 Å². The number of aromatic amines is 1. The lowest BCUT2D eigenvalue weighted by Crippen LogP contribution is -1.92. The molecule has 23 heavy (non-hydrogen) atoms. The summed E-state index contributed by atoms with van der Waals surface area (Å²) in [5, 5.41) is 10.1. The molecular formula is C17H11N5S. The molecule has 0 spiro atoms. The molecule has 0 saturated carbocycles. The fourth-order valence-corrected chi connectivity index (χ4v) is 3.23. The van der Waals surface area contributed by atoms with Crippen molar-refractivity contribution in [1.82, 2.24) is 20.2 Å². The fourth-order valence-electron chi connectivity index (χ4n) is 2.45. The molecular weight excluding hydrogens is 306 g/mol. The van der Waals surface area contributed by atoms with Gasteiger partial charge >= 0.3 is 0 Å². The number of thioether (sulfide) groups is 1. The number of H-pyrrole nitrogens is 1. The van der Waals surface area contributed by atoms with E-state index >= 15 is 0 Å². The van der Waals surface area contributed by atoms with E-state index in [2.05, 4.69) is 25.0 Å². The van der Waals surface area contributed by atoms with Gasteiger partial charge in [-0.25, -0.2) is 9.83 Å². The van der Waals surface area contributed by atoms with Crippen molar-refractivity contribution in [3.8, 4) is 0 Å². The Morgan fingerprint density at radius 3 is 2.78 bits per heavy atom. The number of nitrogens with one attached hydrogen (secondary N) is 1. The first kappa shape index (κ1) is 13.7. The number of para-hydroxylation sites is 2. The maximum absolute atomic E-state index is 7.20. The van der Waals surface area contributed by atoms with Crippen LogP contribution in [-0.2, 0) is 5.75 Å². The summed E-state index contributed by atoms with van der Waals surface area (Å²) in [5.41, 5.74) is 4.17. The molecule has 0 bridgehead atoms. The maximum Gasteiger partial charge on any atom is 0.211 e. The average Bonchev–Trinajstić information content (AvgIpc) is 2.98. The van der Waals surface area contributed by atoms with Gasteiger partial charge in [0, 0.05) is 16.7 Å². The molecule has 2 aromatic carbocycles. The van der Waals surface area contributed by atoms with Gasteiger partial charge in [0.2, 0.25) is 5.16 Å². The van der Waals surface area contributed by atoms with Crippen LogP contribution in [0.2, 0.25) is 0 Å². The Bertz CT molecular complexity index is 1050. The third-order valence-electron chi connectivity index (χ3n) is 3.57. The van der Waals surface area contributed by atoms with Gasteiger partial charge in [0.05, 0.1) is 6.57 Å². The van der Waals surface area contributed by atoms with Gasteiger partial charge < -0.3 is 4.98 Å². The molecule has 0 unspecified atom stereocenters. The normalized spacial score (nSPS) is 10.9. The third-order valence-corrected chi connectivity index (χ3v) is 4.46. The molecule has 0 amide bonds. The van der Waals surface area contributed by atoms with Gasteiger partial charge in [-0.3, -0.25) is 0 Å². The number of hydrogen-bond donors (Lipinski definition) is 1. The zero-order valence-electron chi connectivity index (χ0n) is 12.0. The average molecular weight is 317 g/mol. The van der Waals surface area contributed by atoms with Crippen LogP contribution in [0.1, 0.15) is 5.56 Å². The summed E-state index contributed by atoms with van der Waals surface area (Å²) in [6.07, 6.45) is 0. The highest BCUT2D eigenvalue weighted by Gasteiger charge is 2.09. The number of hydrogen-bond acceptors (Lipinski definition) is 4. The zero-order chi connectivity index (χ0) is 15.6. The van der Waals surface area contributed by atoms with Crippen molar-refractivity contribution in [2.75, 3.05) is 0 Å². The van der Waals surface area contributed by atoms with Gasteiger partial charge in [0.25, 0.3) is 0 Å². The molecule has 4 rings (SSSR count). The monoisotopic (exact) mass is 317 g/mol. The summed E-state index contributed by atoms with van der Waals surface area (Å²) in [7, 11) is 0. The molecule has 0 saturated heterocycles. The van der Waals surface area contributed by atoms with E-state index in [9.17, 15) is 0 Å². The molecule has 0 aliphatic carbocycles. The van der Waals surface area contributed by atoms with E-state index in [4.69, 9.17) is 6.57 Å². The molecule has 0 atom stereocenters. The van der Waals surface area contributed by atoms with Crippen LogP contribution in [0.3, 0.4) is 0 Å². The van der Waals surface area contributed by atoms with E-state index in [-0.39, 0.29) is 0 Å². The van der Waals surface area contributed by atoms with E-state index in [1.54, 1.807) is 0 Å². The second kappa shape index (κ2) is 5.71. The predicted molar refractivity (Wildman–Crippen MR) is 91.5 cm³/mol. The van der Waals surface area contributed by atoms with Crippen molar-refractivity contribution in [2.24, 2.45) is 0 Å². The summed E-state index contributed by atoms with van der Waals surface area (Å²) in [6.45, 7) is 7.20. The lowest BCUT2D eigenvalue weighted by molar-refractivity contribution is 0.878. The molecule has 110 valence electrons. The van der Waals surface area contributed by atoms with Crippen LogP contribution in [0, 0.1) is 6.57 Å². The van der Waals surface area contributed by atoms with Crippen LogP contribution in [0.5, 0.6) is 0 Å². The molecule has 1 N–H and O–H groups in total. The topological polar surface area (TPSA) is 58.8 Å². The highest BCUT2D eigenvalue weighted by molar-refractivity contribution is 7.98. The first-order valence-electron chi connectivity index (χ1n) is 7.04. The van der Waals surface area contributed by atoms with Crippen LogP contribution in [0.15, 0.2) is 53.7 Å². The molecule has 4 aromatic rings. The molecule has 0 fully saturated rings. The van der Waals surface area contributed by atoms with Crippen molar-refractivity contribution in [3.63, 3.8) is 0 Å². The minimum atomic E-state index is 0.601. The predicted octanol–water partition coefficient (Wildman–Crippen LogP) is 4.35. The van der Waals surface area contributed by atoms with Gasteiger partial charge in [0.15, 0.2) is 11.3 Å². The lowest BCUT2D eigenvalue weighted by Gasteiger charge is -2.02. The van der Waals surface area contributed by atoms with Crippen LogP contribution < -0.4 is 0 Å². The van der Waals surface area contributed by atoms with Gasteiger partial charge in [-0.15, -0.1) is 10.2 Å². The quantitative estimate of drug-likeness (QED) is 0.451. The Labute approximate surface area is 136 Å². The van der Waals surface area contributed by atoms with E-state index < -0.39 is 0 Å². The largest absolute Gasteiger partial charge is 0.338 e. The Kier molecular flexibility index (Phi) is 3.41. The Morgan fingerprint density at radius 2 is 1.87 bits per heavy atom. The summed E-state index contributed by atoms with van der Waals surface area (Å²) < 4.78 is 0. The Balaban J connectivity index is 1.65. The maximum atomic E-state index is 7.20. The van der Waals surface area contributed by atoms with E-state index in [1.807, 2.05) is 48.5 Å².